The summed E-state index contributed by atoms with van der Waals surface area (Å²) in [6.07, 6.45) is 0. The maximum Gasteiger partial charge on any atom is 0.119 e. The molecule has 2 nitrogen and oxygen atoms in total. The molecule has 0 bridgehead atoms. The van der Waals surface area contributed by atoms with Gasteiger partial charge in [0, 0.05) is 6.61 Å². The summed E-state index contributed by atoms with van der Waals surface area (Å²) in [7, 11) is 0. The van der Waals surface area contributed by atoms with Gasteiger partial charge >= 0.3 is 0 Å². The zero-order chi connectivity index (χ0) is 29.6. The van der Waals surface area contributed by atoms with E-state index >= 15 is 0 Å². The molecule has 0 aromatic heterocycles. The third-order valence-electron chi connectivity index (χ3n) is 4.50. The first kappa shape index (κ1) is 37.5. The zero-order valence-corrected chi connectivity index (χ0v) is 25.5. The molecule has 4 aromatic rings. The highest BCUT2D eigenvalue weighted by Gasteiger charge is 1.94. The molecule has 0 atom stereocenters. The number of hydrogen-bond donors (Lipinski definition) is 0. The quantitative estimate of drug-likeness (QED) is 0.222. The van der Waals surface area contributed by atoms with E-state index in [-0.39, 0.29) is 0 Å². The molecule has 39 heavy (non-hydrogen) atoms. The van der Waals surface area contributed by atoms with Crippen LogP contribution < -0.4 is 4.74 Å². The number of rotatable bonds is 7. The van der Waals surface area contributed by atoms with Gasteiger partial charge in [-0.15, -0.1) is 13.2 Å². The van der Waals surface area contributed by atoms with E-state index in [0.29, 0.717) is 5.92 Å². The van der Waals surface area contributed by atoms with Gasteiger partial charge in [0.2, 0.25) is 0 Å². The van der Waals surface area contributed by atoms with E-state index in [1.165, 1.54) is 16.7 Å². The molecule has 0 aliphatic carbocycles. The Hall–Kier alpha value is -3.62. The summed E-state index contributed by atoms with van der Waals surface area (Å²) in [5, 5.41) is 0. The van der Waals surface area contributed by atoms with Crippen molar-refractivity contribution < 1.29 is 9.47 Å². The average Bonchev–Trinajstić information content (AvgIpc) is 3.03. The topological polar surface area (TPSA) is 18.5 Å². The van der Waals surface area contributed by atoms with Gasteiger partial charge < -0.3 is 9.47 Å². The van der Waals surface area contributed by atoms with Gasteiger partial charge in [-0.2, -0.15) is 0 Å². The van der Waals surface area contributed by atoms with Crippen LogP contribution in [-0.4, -0.2) is 13.2 Å². The molecule has 0 N–H and O–H groups in total. The fourth-order valence-corrected chi connectivity index (χ4v) is 2.93. The Morgan fingerprint density at radius 3 is 1.28 bits per heavy atom. The first-order valence-electron chi connectivity index (χ1n) is 14.1. The summed E-state index contributed by atoms with van der Waals surface area (Å²) in [6.45, 7) is 22.6. The van der Waals surface area contributed by atoms with Gasteiger partial charge in [-0.3, -0.25) is 0 Å². The van der Waals surface area contributed by atoms with Gasteiger partial charge in [0.1, 0.15) is 5.75 Å². The monoisotopic (exact) mass is 528 g/mol. The van der Waals surface area contributed by atoms with E-state index in [1.54, 1.807) is 0 Å². The van der Waals surface area contributed by atoms with Gasteiger partial charge in [0.15, 0.2) is 0 Å². The Morgan fingerprint density at radius 2 is 0.923 bits per heavy atom. The molecule has 0 spiro atoms. The largest absolute Gasteiger partial charge is 0.494 e. The van der Waals surface area contributed by atoms with Gasteiger partial charge in [-0.05, 0) is 41.7 Å². The summed E-state index contributed by atoms with van der Waals surface area (Å²) in [6, 6.07) is 40.8. The minimum Gasteiger partial charge on any atom is -0.494 e. The summed E-state index contributed by atoms with van der Waals surface area (Å²) in [5.41, 5.74) is 3.80. The van der Waals surface area contributed by atoms with E-state index in [0.717, 1.165) is 25.6 Å². The van der Waals surface area contributed by atoms with Crippen molar-refractivity contribution in [1.29, 1.82) is 0 Å². The maximum atomic E-state index is 5.48. The third-order valence-corrected chi connectivity index (χ3v) is 4.50. The number of hydrogen-bond acceptors (Lipinski definition) is 2. The van der Waals surface area contributed by atoms with E-state index in [4.69, 9.17) is 9.47 Å². The molecule has 0 saturated heterocycles. The zero-order valence-electron chi connectivity index (χ0n) is 25.5. The van der Waals surface area contributed by atoms with Crippen molar-refractivity contribution in [1.82, 2.24) is 0 Å². The molecule has 4 rings (SSSR count). The first-order chi connectivity index (χ1) is 19.2. The molecule has 0 unspecified atom stereocenters. The van der Waals surface area contributed by atoms with Crippen LogP contribution in [0.1, 0.15) is 54.0 Å². The number of ether oxygens (including phenoxy) is 2. The Kier molecular flexibility index (Phi) is 27.9. The predicted octanol–water partition coefficient (Wildman–Crippen LogP) is 11.2. The lowest BCUT2D eigenvalue weighted by molar-refractivity contribution is 0.0971. The summed E-state index contributed by atoms with van der Waals surface area (Å²) >= 11 is 0. The van der Waals surface area contributed by atoms with E-state index in [9.17, 15) is 0 Å². The van der Waals surface area contributed by atoms with Crippen LogP contribution in [0.4, 0.5) is 0 Å². The molecular weight excluding hydrogens is 476 g/mol. The van der Waals surface area contributed by atoms with Crippen molar-refractivity contribution in [3.05, 3.63) is 140 Å². The second kappa shape index (κ2) is 28.9. The Bertz CT molecular complexity index is 931. The van der Waals surface area contributed by atoms with E-state index in [2.05, 4.69) is 87.7 Å². The fraction of sp³-hybridized carbons (Fsp3) is 0.297. The molecule has 0 aliphatic heterocycles. The molecule has 0 aliphatic rings. The van der Waals surface area contributed by atoms with Gasteiger partial charge in [0.05, 0.1) is 13.2 Å². The molecule has 0 heterocycles. The van der Waals surface area contributed by atoms with Crippen molar-refractivity contribution in [3.63, 3.8) is 0 Å². The van der Waals surface area contributed by atoms with Crippen molar-refractivity contribution >= 4 is 0 Å². The fourth-order valence-electron chi connectivity index (χ4n) is 2.93. The molecule has 2 heteroatoms. The molecule has 0 saturated carbocycles. The van der Waals surface area contributed by atoms with Crippen LogP contribution in [0.25, 0.3) is 11.1 Å². The van der Waals surface area contributed by atoms with Gasteiger partial charge in [0.25, 0.3) is 0 Å². The van der Waals surface area contributed by atoms with E-state index in [1.807, 2.05) is 95.3 Å². The number of para-hydroxylation sites is 1. The van der Waals surface area contributed by atoms with Crippen LogP contribution in [0.3, 0.4) is 0 Å². The van der Waals surface area contributed by atoms with Crippen molar-refractivity contribution in [3.8, 4) is 16.9 Å². The van der Waals surface area contributed by atoms with Crippen LogP contribution in [-0.2, 0) is 11.3 Å². The lowest BCUT2D eigenvalue weighted by Gasteiger charge is -2.05. The normalized spacial score (nSPS) is 8.72. The van der Waals surface area contributed by atoms with E-state index < -0.39 is 0 Å². The van der Waals surface area contributed by atoms with Crippen LogP contribution in [0.5, 0.6) is 5.75 Å². The minimum absolute atomic E-state index is 0.619. The van der Waals surface area contributed by atoms with Gasteiger partial charge in [-0.1, -0.05) is 151 Å². The Labute approximate surface area is 240 Å². The van der Waals surface area contributed by atoms with Crippen molar-refractivity contribution in [2.75, 3.05) is 13.2 Å². The van der Waals surface area contributed by atoms with Crippen LogP contribution in [0, 0.1) is 5.92 Å². The van der Waals surface area contributed by atoms with Crippen LogP contribution >= 0.6 is 0 Å². The smallest absolute Gasteiger partial charge is 0.119 e. The van der Waals surface area contributed by atoms with Crippen LogP contribution in [0.2, 0.25) is 0 Å². The Balaban J connectivity index is 0. The van der Waals surface area contributed by atoms with Crippen molar-refractivity contribution in [2.45, 2.75) is 55.1 Å². The lowest BCUT2D eigenvalue weighted by atomic mass is 10.1. The molecular formula is C37H52O2. The third kappa shape index (κ3) is 21.1. The van der Waals surface area contributed by atoms with Gasteiger partial charge in [-0.25, -0.2) is 0 Å². The first-order valence-corrected chi connectivity index (χ1v) is 14.1. The Morgan fingerprint density at radius 1 is 0.564 bits per heavy atom. The second-order valence-electron chi connectivity index (χ2n) is 7.87. The highest BCUT2D eigenvalue weighted by Crippen LogP contribution is 2.17. The molecule has 0 amide bonds. The maximum absolute atomic E-state index is 5.48. The second-order valence-corrected chi connectivity index (χ2v) is 7.87. The average molecular weight is 529 g/mol. The summed E-state index contributed by atoms with van der Waals surface area (Å²) in [4.78, 5) is 0. The summed E-state index contributed by atoms with van der Waals surface area (Å²) < 4.78 is 10.7. The molecule has 4 aromatic carbocycles. The molecule has 212 valence electrons. The summed E-state index contributed by atoms with van der Waals surface area (Å²) in [5.74, 6) is 1.56. The lowest BCUT2D eigenvalue weighted by Crippen LogP contribution is -2.01. The molecule has 0 radical (unpaired) electrons. The highest BCUT2D eigenvalue weighted by atomic mass is 16.5. The highest BCUT2D eigenvalue weighted by molar-refractivity contribution is 5.62. The molecule has 0 fully saturated rings. The minimum atomic E-state index is 0.619. The van der Waals surface area contributed by atoms with Crippen LogP contribution in [0.15, 0.2) is 134 Å². The SMILES string of the molecule is C=C.CC.CC.CC(C)COCc1ccccc1.CCOc1ccccc1.c1ccc(-c2ccccc2)cc1. The number of benzene rings is 4. The predicted molar refractivity (Wildman–Crippen MR) is 174 cm³/mol. The van der Waals surface area contributed by atoms with Crippen molar-refractivity contribution in [2.24, 2.45) is 5.92 Å². The standard InChI is InChI=1S/C12H10.C11H16O.C8H10O.2C2H6.C2H4/c1-3-7-11(8-4-1)12-9-5-2-6-10-12;1-10(2)8-12-9-11-6-4-3-5-7-11;1-2-9-8-6-4-3-5-7-8;3*1-2/h1-10H;3-7,10H,8-9H2,1-2H3;3-7H,2H2,1H3;2*1-2H3;1-2H2.